The minimum Gasteiger partial charge on any atom is -0.481 e. The minimum absolute atomic E-state index is 0.155. The van der Waals surface area contributed by atoms with Gasteiger partial charge in [0, 0.05) is 17.6 Å². The van der Waals surface area contributed by atoms with Crippen LogP contribution in [0.25, 0.3) is 0 Å². The molecule has 1 aliphatic carbocycles. The first-order chi connectivity index (χ1) is 10.8. The Hall–Kier alpha value is -1.47. The van der Waals surface area contributed by atoms with Gasteiger partial charge in [-0.25, -0.2) is 12.8 Å². The van der Waals surface area contributed by atoms with Crippen molar-refractivity contribution in [3.05, 3.63) is 35.6 Å². The van der Waals surface area contributed by atoms with Crippen molar-refractivity contribution in [1.29, 1.82) is 0 Å². The first kappa shape index (κ1) is 16.4. The van der Waals surface area contributed by atoms with Crippen molar-refractivity contribution in [3.8, 4) is 0 Å². The van der Waals surface area contributed by atoms with Crippen molar-refractivity contribution < 1.29 is 22.7 Å². The molecule has 0 aromatic heterocycles. The molecule has 1 spiro atoms. The van der Waals surface area contributed by atoms with E-state index in [9.17, 15) is 22.7 Å². The molecule has 3 rings (SSSR count). The molecule has 0 amide bonds. The summed E-state index contributed by atoms with van der Waals surface area (Å²) in [5.74, 6) is -2.25. The van der Waals surface area contributed by atoms with Gasteiger partial charge < -0.3 is 5.11 Å². The van der Waals surface area contributed by atoms with E-state index in [4.69, 9.17) is 0 Å². The molecule has 1 aromatic carbocycles. The molecule has 5 nitrogen and oxygen atoms in total. The zero-order valence-corrected chi connectivity index (χ0v) is 13.6. The van der Waals surface area contributed by atoms with E-state index in [1.54, 1.807) is 6.07 Å². The molecule has 0 radical (unpaired) electrons. The van der Waals surface area contributed by atoms with E-state index in [0.717, 1.165) is 6.42 Å². The van der Waals surface area contributed by atoms with E-state index in [1.807, 2.05) is 0 Å². The zero-order valence-electron chi connectivity index (χ0n) is 12.7. The summed E-state index contributed by atoms with van der Waals surface area (Å²) in [5, 5.41) is 9.23. The predicted molar refractivity (Wildman–Crippen MR) is 82.7 cm³/mol. The van der Waals surface area contributed by atoms with Gasteiger partial charge in [-0.3, -0.25) is 4.79 Å². The number of carboxylic acid groups (broad SMARTS) is 1. The third-order valence-corrected chi connectivity index (χ3v) is 7.02. The number of hydrogen-bond donors (Lipinski definition) is 1. The van der Waals surface area contributed by atoms with E-state index in [2.05, 4.69) is 0 Å². The number of hydrogen-bond acceptors (Lipinski definition) is 3. The molecule has 1 aromatic rings. The van der Waals surface area contributed by atoms with E-state index < -0.39 is 33.3 Å². The highest BCUT2D eigenvalue weighted by Crippen LogP contribution is 2.48. The first-order valence-electron chi connectivity index (χ1n) is 7.81. The lowest BCUT2D eigenvalue weighted by Gasteiger charge is -2.53. The molecule has 1 heterocycles. The van der Waals surface area contributed by atoms with E-state index in [0.29, 0.717) is 25.7 Å². The summed E-state index contributed by atoms with van der Waals surface area (Å²) >= 11 is 0. The molecule has 2 aliphatic rings. The van der Waals surface area contributed by atoms with Crippen LogP contribution >= 0.6 is 0 Å². The van der Waals surface area contributed by atoms with Crippen LogP contribution < -0.4 is 0 Å². The smallest absolute Gasteiger partial charge is 0.306 e. The monoisotopic (exact) mass is 341 g/mol. The number of carboxylic acids is 1. The van der Waals surface area contributed by atoms with Crippen LogP contribution in [-0.2, 0) is 20.6 Å². The Morgan fingerprint density at radius 2 is 2.04 bits per heavy atom. The minimum atomic E-state index is -3.68. The fourth-order valence-electron chi connectivity index (χ4n) is 3.75. The molecule has 23 heavy (non-hydrogen) atoms. The van der Waals surface area contributed by atoms with Crippen LogP contribution in [0.15, 0.2) is 24.3 Å². The normalized spacial score (nSPS) is 24.3. The maximum Gasteiger partial charge on any atom is 0.306 e. The summed E-state index contributed by atoms with van der Waals surface area (Å²) in [6, 6.07) is 5.87. The number of rotatable bonds is 4. The van der Waals surface area contributed by atoms with Crippen LogP contribution in [0.3, 0.4) is 0 Å². The van der Waals surface area contributed by atoms with Gasteiger partial charge in [-0.05, 0) is 38.2 Å². The second kappa shape index (κ2) is 5.87. The number of aliphatic carboxylic acids is 1. The molecule has 1 aliphatic heterocycles. The molecule has 1 atom stereocenters. The van der Waals surface area contributed by atoms with Gasteiger partial charge in [0.25, 0.3) is 0 Å². The molecular weight excluding hydrogens is 321 g/mol. The standard InChI is InChI=1S/C16H20FNO4S/c17-14-5-2-1-4-13(14)11-23(21,22)18-9-6-12(15(19)20)10-16(18)7-3-8-16/h1-2,4-5,12H,3,6-11H2,(H,19,20). The lowest BCUT2D eigenvalue weighted by molar-refractivity contribution is -0.146. The number of carbonyl (C=O) groups is 1. The van der Waals surface area contributed by atoms with E-state index >= 15 is 0 Å². The Morgan fingerprint density at radius 3 is 2.61 bits per heavy atom. The summed E-state index contributed by atoms with van der Waals surface area (Å²) in [6.45, 7) is 0.202. The lowest BCUT2D eigenvalue weighted by Crippen LogP contribution is -2.60. The van der Waals surface area contributed by atoms with Crippen LogP contribution in [0, 0.1) is 11.7 Å². The van der Waals surface area contributed by atoms with Gasteiger partial charge in [0.1, 0.15) is 5.82 Å². The Morgan fingerprint density at radius 1 is 1.35 bits per heavy atom. The van der Waals surface area contributed by atoms with Gasteiger partial charge in [-0.15, -0.1) is 0 Å². The highest BCUT2D eigenvalue weighted by Gasteiger charge is 2.52. The number of benzene rings is 1. The third kappa shape index (κ3) is 2.99. The predicted octanol–water partition coefficient (Wildman–Crippen LogP) is 2.37. The van der Waals surface area contributed by atoms with Crippen molar-refractivity contribution >= 4 is 16.0 Å². The third-order valence-electron chi connectivity index (χ3n) is 5.10. The Kier molecular flexibility index (Phi) is 4.18. The average Bonchev–Trinajstić information content (AvgIpc) is 2.47. The second-order valence-electron chi connectivity index (χ2n) is 6.53. The summed E-state index contributed by atoms with van der Waals surface area (Å²) in [5.41, 5.74) is -0.423. The van der Waals surface area contributed by atoms with Crippen molar-refractivity contribution in [2.24, 2.45) is 5.92 Å². The summed E-state index contributed by atoms with van der Waals surface area (Å²) in [7, 11) is -3.68. The van der Waals surface area contributed by atoms with E-state index in [1.165, 1.54) is 22.5 Å². The highest BCUT2D eigenvalue weighted by atomic mass is 32.2. The second-order valence-corrected chi connectivity index (χ2v) is 8.42. The fourth-order valence-corrected chi connectivity index (χ4v) is 5.76. The highest BCUT2D eigenvalue weighted by molar-refractivity contribution is 7.88. The van der Waals surface area contributed by atoms with Gasteiger partial charge >= 0.3 is 5.97 Å². The maximum absolute atomic E-state index is 13.8. The molecule has 2 fully saturated rings. The van der Waals surface area contributed by atoms with Gasteiger partial charge in [0.05, 0.1) is 11.7 Å². The number of halogens is 1. The summed E-state index contributed by atoms with van der Waals surface area (Å²) in [6.07, 6.45) is 2.95. The average molecular weight is 341 g/mol. The number of piperidine rings is 1. The fraction of sp³-hybridized carbons (Fsp3) is 0.562. The topological polar surface area (TPSA) is 74.7 Å². The Labute approximate surface area is 135 Å². The van der Waals surface area contributed by atoms with Gasteiger partial charge in [0.15, 0.2) is 0 Å². The summed E-state index contributed by atoms with van der Waals surface area (Å²) in [4.78, 5) is 11.3. The molecule has 0 bridgehead atoms. The van der Waals surface area contributed by atoms with Crippen LogP contribution in [-0.4, -0.2) is 35.9 Å². The molecule has 1 unspecified atom stereocenters. The van der Waals surface area contributed by atoms with Gasteiger partial charge in [-0.2, -0.15) is 4.31 Å². The molecular formula is C16H20FNO4S. The van der Waals surface area contributed by atoms with Crippen LogP contribution in [0.4, 0.5) is 4.39 Å². The van der Waals surface area contributed by atoms with Crippen LogP contribution in [0.5, 0.6) is 0 Å². The van der Waals surface area contributed by atoms with Crippen molar-refractivity contribution in [2.75, 3.05) is 6.54 Å². The van der Waals surface area contributed by atoms with Gasteiger partial charge in [0.2, 0.25) is 10.0 Å². The van der Waals surface area contributed by atoms with Crippen molar-refractivity contribution in [2.45, 2.75) is 43.4 Å². The molecule has 1 N–H and O–H groups in total. The number of sulfonamides is 1. The number of nitrogens with zero attached hydrogens (tertiary/aromatic N) is 1. The SMILES string of the molecule is O=C(O)C1CCN(S(=O)(=O)Cc2ccccc2F)C2(CCC2)C1. The molecule has 7 heteroatoms. The maximum atomic E-state index is 13.8. The Balaban J connectivity index is 1.85. The van der Waals surface area contributed by atoms with Crippen molar-refractivity contribution in [3.63, 3.8) is 0 Å². The Bertz CT molecular complexity index is 715. The quantitative estimate of drug-likeness (QED) is 0.912. The van der Waals surface area contributed by atoms with Crippen LogP contribution in [0.2, 0.25) is 0 Å². The van der Waals surface area contributed by atoms with Crippen molar-refractivity contribution in [1.82, 2.24) is 4.31 Å². The molecule has 126 valence electrons. The molecule has 1 saturated carbocycles. The molecule has 1 saturated heterocycles. The zero-order chi connectivity index (χ0) is 16.7. The first-order valence-corrected chi connectivity index (χ1v) is 9.42. The van der Waals surface area contributed by atoms with Crippen LogP contribution in [0.1, 0.15) is 37.7 Å². The van der Waals surface area contributed by atoms with Gasteiger partial charge in [-0.1, -0.05) is 18.2 Å². The van der Waals surface area contributed by atoms with E-state index in [-0.39, 0.29) is 17.9 Å². The lowest BCUT2D eigenvalue weighted by atomic mass is 9.68. The largest absolute Gasteiger partial charge is 0.481 e. The summed E-state index contributed by atoms with van der Waals surface area (Å²) < 4.78 is 40.8.